The Balaban J connectivity index is 2.74. The molecule has 1 aromatic rings. The third-order valence-electron chi connectivity index (χ3n) is 2.43. The SMILES string of the molecule is CCCC(NC(=O)c1cn[nH]c1C)C(N)=NO. The summed E-state index contributed by atoms with van der Waals surface area (Å²) in [6, 6.07) is -0.466. The van der Waals surface area contributed by atoms with Gasteiger partial charge < -0.3 is 16.3 Å². The van der Waals surface area contributed by atoms with Gasteiger partial charge in [0, 0.05) is 5.69 Å². The number of H-pyrrole nitrogens is 1. The first-order chi connectivity index (χ1) is 8.10. The van der Waals surface area contributed by atoms with E-state index < -0.39 is 6.04 Å². The number of nitrogens with one attached hydrogen (secondary N) is 2. The number of oxime groups is 1. The van der Waals surface area contributed by atoms with Gasteiger partial charge in [-0.05, 0) is 13.3 Å². The molecule has 0 bridgehead atoms. The van der Waals surface area contributed by atoms with Gasteiger partial charge in [-0.15, -0.1) is 0 Å². The summed E-state index contributed by atoms with van der Waals surface area (Å²) < 4.78 is 0. The fourth-order valence-corrected chi connectivity index (χ4v) is 1.47. The van der Waals surface area contributed by atoms with Crippen LogP contribution in [0.3, 0.4) is 0 Å². The quantitative estimate of drug-likeness (QED) is 0.257. The molecule has 0 aliphatic rings. The highest BCUT2D eigenvalue weighted by Crippen LogP contribution is 2.04. The number of nitrogens with two attached hydrogens (primary N) is 1. The predicted molar refractivity (Wildman–Crippen MR) is 62.9 cm³/mol. The van der Waals surface area contributed by atoms with Crippen molar-refractivity contribution in [2.24, 2.45) is 10.9 Å². The second kappa shape index (κ2) is 5.88. The molecule has 7 nitrogen and oxygen atoms in total. The topological polar surface area (TPSA) is 116 Å². The Labute approximate surface area is 99.1 Å². The van der Waals surface area contributed by atoms with Crippen LogP contribution in [0.5, 0.6) is 0 Å². The smallest absolute Gasteiger partial charge is 0.255 e. The van der Waals surface area contributed by atoms with Crippen molar-refractivity contribution in [3.8, 4) is 0 Å². The highest BCUT2D eigenvalue weighted by molar-refractivity contribution is 5.98. The maximum Gasteiger partial charge on any atom is 0.255 e. The minimum atomic E-state index is -0.466. The van der Waals surface area contributed by atoms with Crippen molar-refractivity contribution in [2.45, 2.75) is 32.7 Å². The lowest BCUT2D eigenvalue weighted by Gasteiger charge is -2.16. The highest BCUT2D eigenvalue weighted by Gasteiger charge is 2.18. The highest BCUT2D eigenvalue weighted by atomic mass is 16.4. The van der Waals surface area contributed by atoms with Gasteiger partial charge in [0.2, 0.25) is 0 Å². The Morgan fingerprint density at radius 3 is 2.94 bits per heavy atom. The fourth-order valence-electron chi connectivity index (χ4n) is 1.47. The van der Waals surface area contributed by atoms with Crippen LogP contribution in [0.25, 0.3) is 0 Å². The molecular formula is C10H17N5O2. The number of carbonyl (C=O) groups excluding carboxylic acids is 1. The minimum Gasteiger partial charge on any atom is -0.409 e. The lowest BCUT2D eigenvalue weighted by atomic mass is 10.1. The van der Waals surface area contributed by atoms with Crippen LogP contribution in [0.15, 0.2) is 11.4 Å². The molecule has 17 heavy (non-hydrogen) atoms. The number of aromatic amines is 1. The van der Waals surface area contributed by atoms with E-state index in [4.69, 9.17) is 10.9 Å². The molecule has 7 heteroatoms. The van der Waals surface area contributed by atoms with E-state index in [1.807, 2.05) is 6.92 Å². The molecule has 1 rings (SSSR count). The number of nitrogens with zero attached hydrogens (tertiary/aromatic N) is 2. The minimum absolute atomic E-state index is 0.00125. The van der Waals surface area contributed by atoms with Crippen LogP contribution in [-0.4, -0.2) is 33.2 Å². The molecular weight excluding hydrogens is 222 g/mol. The van der Waals surface area contributed by atoms with Crippen molar-refractivity contribution in [2.75, 3.05) is 0 Å². The molecule has 94 valence electrons. The first kappa shape index (κ1) is 13.0. The zero-order valence-electron chi connectivity index (χ0n) is 9.90. The molecule has 1 atom stereocenters. The largest absolute Gasteiger partial charge is 0.409 e. The molecule has 0 aromatic carbocycles. The third kappa shape index (κ3) is 3.20. The van der Waals surface area contributed by atoms with Crippen LogP contribution in [0.1, 0.15) is 35.8 Å². The van der Waals surface area contributed by atoms with E-state index in [0.717, 1.165) is 6.42 Å². The molecule has 0 fully saturated rings. The van der Waals surface area contributed by atoms with E-state index in [0.29, 0.717) is 17.7 Å². The van der Waals surface area contributed by atoms with E-state index in [1.165, 1.54) is 6.20 Å². The van der Waals surface area contributed by atoms with Gasteiger partial charge in [0.25, 0.3) is 5.91 Å². The van der Waals surface area contributed by atoms with Crippen LogP contribution < -0.4 is 11.1 Å². The molecule has 1 heterocycles. The molecule has 1 unspecified atom stereocenters. The van der Waals surface area contributed by atoms with Gasteiger partial charge in [0.1, 0.15) is 0 Å². The van der Waals surface area contributed by atoms with Gasteiger partial charge in [0.15, 0.2) is 5.84 Å². The molecule has 0 radical (unpaired) electrons. The van der Waals surface area contributed by atoms with Crippen LogP contribution in [-0.2, 0) is 0 Å². The van der Waals surface area contributed by atoms with E-state index >= 15 is 0 Å². The molecule has 1 amide bonds. The first-order valence-electron chi connectivity index (χ1n) is 5.38. The number of aromatic nitrogens is 2. The number of rotatable bonds is 5. The summed E-state index contributed by atoms with van der Waals surface area (Å²) in [6.07, 6.45) is 2.87. The molecule has 0 saturated carbocycles. The Morgan fingerprint density at radius 1 is 1.76 bits per heavy atom. The van der Waals surface area contributed by atoms with E-state index in [9.17, 15) is 4.79 Å². The van der Waals surface area contributed by atoms with Crippen molar-refractivity contribution < 1.29 is 10.0 Å². The number of carbonyl (C=O) groups is 1. The lowest BCUT2D eigenvalue weighted by Crippen LogP contribution is -2.44. The second-order valence-corrected chi connectivity index (χ2v) is 3.75. The predicted octanol–water partition coefficient (Wildman–Crippen LogP) is 0.363. The van der Waals surface area contributed by atoms with Crippen molar-refractivity contribution in [3.05, 3.63) is 17.5 Å². The maximum absolute atomic E-state index is 11.9. The van der Waals surface area contributed by atoms with Crippen molar-refractivity contribution >= 4 is 11.7 Å². The first-order valence-corrected chi connectivity index (χ1v) is 5.38. The summed E-state index contributed by atoms with van der Waals surface area (Å²) in [5.74, 6) is -0.289. The maximum atomic E-state index is 11.9. The fraction of sp³-hybridized carbons (Fsp3) is 0.500. The number of hydrogen-bond acceptors (Lipinski definition) is 4. The van der Waals surface area contributed by atoms with Crippen LogP contribution in [0, 0.1) is 6.92 Å². The lowest BCUT2D eigenvalue weighted by molar-refractivity contribution is 0.0944. The Kier molecular flexibility index (Phi) is 4.50. The Hall–Kier alpha value is -2.05. The summed E-state index contributed by atoms with van der Waals surface area (Å²) in [5, 5.41) is 20.7. The van der Waals surface area contributed by atoms with Gasteiger partial charge in [-0.3, -0.25) is 9.89 Å². The van der Waals surface area contributed by atoms with Crippen LogP contribution >= 0.6 is 0 Å². The summed E-state index contributed by atoms with van der Waals surface area (Å²) in [5.41, 5.74) is 6.64. The van der Waals surface area contributed by atoms with Gasteiger partial charge in [0.05, 0.1) is 17.8 Å². The molecule has 5 N–H and O–H groups in total. The Morgan fingerprint density at radius 2 is 2.47 bits per heavy atom. The monoisotopic (exact) mass is 239 g/mol. The van der Waals surface area contributed by atoms with Crippen LogP contribution in [0.2, 0.25) is 0 Å². The summed E-state index contributed by atoms with van der Waals surface area (Å²) in [4.78, 5) is 11.9. The zero-order valence-corrected chi connectivity index (χ0v) is 9.90. The molecule has 0 spiro atoms. The summed E-state index contributed by atoms with van der Waals surface area (Å²) >= 11 is 0. The average molecular weight is 239 g/mol. The summed E-state index contributed by atoms with van der Waals surface area (Å²) in [7, 11) is 0. The van der Waals surface area contributed by atoms with E-state index in [1.54, 1.807) is 6.92 Å². The Bertz CT molecular complexity index is 413. The molecule has 0 aliphatic carbocycles. The third-order valence-corrected chi connectivity index (χ3v) is 2.43. The molecule has 0 aliphatic heterocycles. The number of aryl methyl sites for hydroxylation is 1. The second-order valence-electron chi connectivity index (χ2n) is 3.75. The molecule has 0 saturated heterocycles. The van der Waals surface area contributed by atoms with Gasteiger partial charge >= 0.3 is 0 Å². The van der Waals surface area contributed by atoms with Crippen LogP contribution in [0.4, 0.5) is 0 Å². The standard InChI is InChI=1S/C10H17N5O2/c1-3-4-8(9(11)15-17)13-10(16)7-5-12-14-6(7)2/h5,8,17H,3-4H2,1-2H3,(H2,11,15)(H,12,14)(H,13,16). The normalized spacial score (nSPS) is 13.4. The van der Waals surface area contributed by atoms with Crippen molar-refractivity contribution in [1.82, 2.24) is 15.5 Å². The summed E-state index contributed by atoms with van der Waals surface area (Å²) in [6.45, 7) is 3.70. The van der Waals surface area contributed by atoms with Gasteiger partial charge in [-0.1, -0.05) is 18.5 Å². The van der Waals surface area contributed by atoms with E-state index in [-0.39, 0.29) is 11.7 Å². The number of amidine groups is 1. The van der Waals surface area contributed by atoms with Crippen molar-refractivity contribution in [1.29, 1.82) is 0 Å². The number of hydrogen-bond donors (Lipinski definition) is 4. The number of amides is 1. The van der Waals surface area contributed by atoms with E-state index in [2.05, 4.69) is 20.7 Å². The molecule has 1 aromatic heterocycles. The van der Waals surface area contributed by atoms with Gasteiger partial charge in [-0.2, -0.15) is 5.10 Å². The van der Waals surface area contributed by atoms with Gasteiger partial charge in [-0.25, -0.2) is 0 Å². The zero-order chi connectivity index (χ0) is 12.8. The average Bonchev–Trinajstić information content (AvgIpc) is 2.73. The van der Waals surface area contributed by atoms with Crippen molar-refractivity contribution in [3.63, 3.8) is 0 Å².